The molecule has 0 bridgehead atoms. The van der Waals surface area contributed by atoms with Gasteiger partial charge in [-0.1, -0.05) is 24.3 Å². The highest BCUT2D eigenvalue weighted by atomic mass is 16.5. The average Bonchev–Trinajstić information content (AvgIpc) is 3.46. The van der Waals surface area contributed by atoms with Gasteiger partial charge in [-0.3, -0.25) is 9.59 Å². The van der Waals surface area contributed by atoms with E-state index >= 15 is 0 Å². The van der Waals surface area contributed by atoms with Crippen LogP contribution in [0, 0.1) is 18.8 Å². The van der Waals surface area contributed by atoms with E-state index in [4.69, 9.17) is 4.74 Å². The number of ether oxygens (including phenoxy) is 1. The number of hydrogen-bond acceptors (Lipinski definition) is 3. The van der Waals surface area contributed by atoms with Crippen LogP contribution in [0.25, 0.3) is 0 Å². The topological polar surface area (TPSA) is 49.9 Å². The molecule has 0 spiro atoms. The fourth-order valence-corrected chi connectivity index (χ4v) is 3.90. The van der Waals surface area contributed by atoms with Gasteiger partial charge in [-0.2, -0.15) is 0 Å². The first kappa shape index (κ1) is 17.5. The SMILES string of the molecule is Cc1ccccc1COC1CN(C(=O)C2CCN(C(=O)C3CC3)CC2)C1. The summed E-state index contributed by atoms with van der Waals surface area (Å²) >= 11 is 0. The minimum absolute atomic E-state index is 0.0792. The third kappa shape index (κ3) is 3.78. The highest BCUT2D eigenvalue weighted by Gasteiger charge is 2.39. The number of carbonyl (C=O) groups is 2. The molecule has 2 aliphatic heterocycles. The molecule has 1 saturated carbocycles. The summed E-state index contributed by atoms with van der Waals surface area (Å²) in [6.45, 7) is 5.59. The van der Waals surface area contributed by atoms with Crippen molar-refractivity contribution in [1.29, 1.82) is 0 Å². The zero-order chi connectivity index (χ0) is 18.1. The van der Waals surface area contributed by atoms with E-state index in [1.165, 1.54) is 11.1 Å². The molecule has 3 aliphatic rings. The normalized spacial score (nSPS) is 21.6. The van der Waals surface area contributed by atoms with E-state index in [0.29, 0.717) is 25.6 Å². The number of amides is 2. The summed E-state index contributed by atoms with van der Waals surface area (Å²) in [5, 5.41) is 0. The van der Waals surface area contributed by atoms with Crippen LogP contribution in [0.2, 0.25) is 0 Å². The molecule has 2 amide bonds. The molecule has 1 aliphatic carbocycles. The summed E-state index contributed by atoms with van der Waals surface area (Å²) in [6, 6.07) is 8.25. The maximum Gasteiger partial charge on any atom is 0.225 e. The van der Waals surface area contributed by atoms with Gasteiger partial charge in [-0.15, -0.1) is 0 Å². The van der Waals surface area contributed by atoms with Crippen molar-refractivity contribution in [2.24, 2.45) is 11.8 Å². The van der Waals surface area contributed by atoms with Crippen LogP contribution in [0.15, 0.2) is 24.3 Å². The fraction of sp³-hybridized carbons (Fsp3) is 0.619. The monoisotopic (exact) mass is 356 g/mol. The molecular weight excluding hydrogens is 328 g/mol. The first-order chi connectivity index (χ1) is 12.6. The van der Waals surface area contributed by atoms with Crippen molar-refractivity contribution in [3.8, 4) is 0 Å². The van der Waals surface area contributed by atoms with E-state index in [1.54, 1.807) is 0 Å². The lowest BCUT2D eigenvalue weighted by Gasteiger charge is -2.42. The minimum Gasteiger partial charge on any atom is -0.370 e. The predicted molar refractivity (Wildman–Crippen MR) is 98.4 cm³/mol. The van der Waals surface area contributed by atoms with E-state index < -0.39 is 0 Å². The van der Waals surface area contributed by atoms with Gasteiger partial charge in [0, 0.05) is 38.0 Å². The molecule has 0 N–H and O–H groups in total. The Labute approximate surface area is 155 Å². The third-order valence-corrected chi connectivity index (χ3v) is 5.98. The van der Waals surface area contributed by atoms with Crippen LogP contribution < -0.4 is 0 Å². The van der Waals surface area contributed by atoms with Gasteiger partial charge in [0.1, 0.15) is 0 Å². The molecule has 140 valence electrons. The van der Waals surface area contributed by atoms with Gasteiger partial charge >= 0.3 is 0 Å². The second-order valence-corrected chi connectivity index (χ2v) is 7.98. The van der Waals surface area contributed by atoms with E-state index in [1.807, 2.05) is 21.9 Å². The molecule has 2 saturated heterocycles. The molecular formula is C21H28N2O3. The minimum atomic E-state index is 0.0792. The van der Waals surface area contributed by atoms with Crippen LogP contribution in [0.5, 0.6) is 0 Å². The molecule has 0 radical (unpaired) electrons. The van der Waals surface area contributed by atoms with Crippen LogP contribution in [0.3, 0.4) is 0 Å². The van der Waals surface area contributed by atoms with E-state index in [-0.39, 0.29) is 23.8 Å². The number of rotatable bonds is 5. The Morgan fingerprint density at radius 1 is 0.962 bits per heavy atom. The molecule has 0 aromatic heterocycles. The molecule has 1 aromatic carbocycles. The Bertz CT molecular complexity index is 672. The molecule has 26 heavy (non-hydrogen) atoms. The van der Waals surface area contributed by atoms with Gasteiger partial charge in [-0.25, -0.2) is 0 Å². The van der Waals surface area contributed by atoms with Crippen molar-refractivity contribution in [2.75, 3.05) is 26.2 Å². The van der Waals surface area contributed by atoms with Crippen molar-refractivity contribution in [3.05, 3.63) is 35.4 Å². The molecule has 0 unspecified atom stereocenters. The lowest BCUT2D eigenvalue weighted by atomic mass is 9.93. The van der Waals surface area contributed by atoms with Crippen LogP contribution in [-0.4, -0.2) is 53.9 Å². The van der Waals surface area contributed by atoms with Gasteiger partial charge in [-0.05, 0) is 43.7 Å². The van der Waals surface area contributed by atoms with Gasteiger partial charge in [0.15, 0.2) is 0 Å². The summed E-state index contributed by atoms with van der Waals surface area (Å²) in [7, 11) is 0. The first-order valence-electron chi connectivity index (χ1n) is 9.85. The second-order valence-electron chi connectivity index (χ2n) is 7.98. The average molecular weight is 356 g/mol. The maximum atomic E-state index is 12.6. The molecule has 1 aromatic rings. The fourth-order valence-electron chi connectivity index (χ4n) is 3.90. The van der Waals surface area contributed by atoms with Crippen molar-refractivity contribution < 1.29 is 14.3 Å². The molecule has 0 atom stereocenters. The summed E-state index contributed by atoms with van der Waals surface area (Å²) in [5.41, 5.74) is 2.46. The number of benzene rings is 1. The summed E-state index contributed by atoms with van der Waals surface area (Å²) in [4.78, 5) is 28.6. The molecule has 5 heteroatoms. The molecule has 3 fully saturated rings. The molecule has 4 rings (SSSR count). The number of hydrogen-bond donors (Lipinski definition) is 0. The standard InChI is InChI=1S/C21H28N2O3/c1-15-4-2-3-5-18(15)14-26-19-12-23(13-19)21(25)17-8-10-22(11-9-17)20(24)16-6-7-16/h2-5,16-17,19H,6-14H2,1H3. The number of piperidine rings is 1. The second kappa shape index (κ2) is 7.39. The Balaban J connectivity index is 1.18. The zero-order valence-corrected chi connectivity index (χ0v) is 15.5. The smallest absolute Gasteiger partial charge is 0.225 e. The van der Waals surface area contributed by atoms with Crippen molar-refractivity contribution in [2.45, 2.75) is 45.3 Å². The van der Waals surface area contributed by atoms with Crippen molar-refractivity contribution in [1.82, 2.24) is 9.80 Å². The highest BCUT2D eigenvalue weighted by molar-refractivity contribution is 5.82. The zero-order valence-electron chi connectivity index (χ0n) is 15.5. The number of likely N-dealkylation sites (tertiary alicyclic amines) is 2. The summed E-state index contributed by atoms with van der Waals surface area (Å²) in [5.74, 6) is 0.920. The Morgan fingerprint density at radius 3 is 2.23 bits per heavy atom. The van der Waals surface area contributed by atoms with Gasteiger partial charge in [0.05, 0.1) is 12.7 Å². The maximum absolute atomic E-state index is 12.6. The Hall–Kier alpha value is -1.88. The van der Waals surface area contributed by atoms with E-state index in [2.05, 4.69) is 19.1 Å². The largest absolute Gasteiger partial charge is 0.370 e. The van der Waals surface area contributed by atoms with Crippen molar-refractivity contribution in [3.63, 3.8) is 0 Å². The molecule has 5 nitrogen and oxygen atoms in total. The highest BCUT2D eigenvalue weighted by Crippen LogP contribution is 2.33. The Morgan fingerprint density at radius 2 is 1.58 bits per heavy atom. The molecule has 2 heterocycles. The van der Waals surface area contributed by atoms with E-state index in [0.717, 1.165) is 38.8 Å². The number of carbonyl (C=O) groups excluding carboxylic acids is 2. The van der Waals surface area contributed by atoms with Crippen molar-refractivity contribution >= 4 is 11.8 Å². The van der Waals surface area contributed by atoms with Gasteiger partial charge in [0.2, 0.25) is 11.8 Å². The summed E-state index contributed by atoms with van der Waals surface area (Å²) in [6.07, 6.45) is 3.87. The lowest BCUT2D eigenvalue weighted by molar-refractivity contribution is -0.153. The van der Waals surface area contributed by atoms with E-state index in [9.17, 15) is 9.59 Å². The number of nitrogens with zero attached hydrogens (tertiary/aromatic N) is 2. The lowest BCUT2D eigenvalue weighted by Crippen LogP contribution is -2.57. The van der Waals surface area contributed by atoms with Crippen LogP contribution in [0.4, 0.5) is 0 Å². The van der Waals surface area contributed by atoms with Crippen LogP contribution in [-0.2, 0) is 20.9 Å². The number of aryl methyl sites for hydroxylation is 1. The predicted octanol–water partition coefficient (Wildman–Crippen LogP) is 2.37. The van der Waals surface area contributed by atoms with Crippen LogP contribution >= 0.6 is 0 Å². The van der Waals surface area contributed by atoms with Gasteiger partial charge < -0.3 is 14.5 Å². The van der Waals surface area contributed by atoms with Crippen LogP contribution in [0.1, 0.15) is 36.8 Å². The quantitative estimate of drug-likeness (QED) is 0.814. The third-order valence-electron chi connectivity index (χ3n) is 5.98. The van der Waals surface area contributed by atoms with Gasteiger partial charge in [0.25, 0.3) is 0 Å². The summed E-state index contributed by atoms with van der Waals surface area (Å²) < 4.78 is 5.95. The first-order valence-corrected chi connectivity index (χ1v) is 9.85. The Kier molecular flexibility index (Phi) is 4.98.